The molecule has 0 bridgehead atoms. The molecule has 2 atom stereocenters. The van der Waals surface area contributed by atoms with E-state index in [2.05, 4.69) is 17.3 Å². The summed E-state index contributed by atoms with van der Waals surface area (Å²) in [6.07, 6.45) is 5.56. The first-order valence-electron chi connectivity index (χ1n) is 4.81. The van der Waals surface area contributed by atoms with Gasteiger partial charge < -0.3 is 10.2 Å². The Balaban J connectivity index is 2.00. The maximum atomic E-state index is 3.63. The van der Waals surface area contributed by atoms with Gasteiger partial charge in [-0.2, -0.15) is 0 Å². The molecule has 2 aliphatic rings. The lowest BCUT2D eigenvalue weighted by atomic mass is 10.1. The van der Waals surface area contributed by atoms with Crippen LogP contribution in [0.25, 0.3) is 0 Å². The Morgan fingerprint density at radius 2 is 2.18 bits per heavy atom. The highest BCUT2D eigenvalue weighted by atomic mass is 15.2. The van der Waals surface area contributed by atoms with Crippen molar-refractivity contribution in [2.24, 2.45) is 0 Å². The molecule has 11 heavy (non-hydrogen) atoms. The number of nitrogens with zero attached hydrogens (tertiary/aromatic N) is 1. The molecule has 64 valence electrons. The van der Waals surface area contributed by atoms with Crippen molar-refractivity contribution in [2.75, 3.05) is 20.1 Å². The molecule has 2 unspecified atom stereocenters. The molecule has 0 aromatic rings. The number of likely N-dealkylation sites (tertiary alicyclic amines) is 1. The summed E-state index contributed by atoms with van der Waals surface area (Å²) in [5.41, 5.74) is 0. The smallest absolute Gasteiger partial charge is 0.0246 e. The van der Waals surface area contributed by atoms with Crippen LogP contribution >= 0.6 is 0 Å². The lowest BCUT2D eigenvalue weighted by Gasteiger charge is -2.22. The molecule has 0 spiro atoms. The number of hydrogen-bond donors (Lipinski definition) is 1. The van der Waals surface area contributed by atoms with E-state index in [0.29, 0.717) is 0 Å². The van der Waals surface area contributed by atoms with Crippen LogP contribution < -0.4 is 5.32 Å². The molecule has 2 heterocycles. The second-order valence-corrected chi connectivity index (χ2v) is 3.89. The fourth-order valence-corrected chi connectivity index (χ4v) is 2.43. The van der Waals surface area contributed by atoms with E-state index in [4.69, 9.17) is 0 Å². The first-order valence-corrected chi connectivity index (χ1v) is 4.81. The molecule has 2 heteroatoms. The summed E-state index contributed by atoms with van der Waals surface area (Å²) in [5.74, 6) is 0. The van der Waals surface area contributed by atoms with E-state index in [1.165, 1.54) is 38.8 Å². The fraction of sp³-hybridized carbons (Fsp3) is 1.00. The van der Waals surface area contributed by atoms with Gasteiger partial charge in [0, 0.05) is 12.1 Å². The minimum atomic E-state index is 0.808. The number of hydrogen-bond acceptors (Lipinski definition) is 2. The van der Waals surface area contributed by atoms with Crippen molar-refractivity contribution in [1.29, 1.82) is 0 Å². The normalized spacial score (nSPS) is 40.1. The molecule has 2 nitrogen and oxygen atoms in total. The van der Waals surface area contributed by atoms with Crippen molar-refractivity contribution in [3.63, 3.8) is 0 Å². The maximum absolute atomic E-state index is 3.63. The molecule has 1 N–H and O–H groups in total. The minimum absolute atomic E-state index is 0.808. The van der Waals surface area contributed by atoms with Crippen LogP contribution in [-0.4, -0.2) is 37.1 Å². The Hall–Kier alpha value is -0.0800. The van der Waals surface area contributed by atoms with Crippen LogP contribution in [0.5, 0.6) is 0 Å². The van der Waals surface area contributed by atoms with Gasteiger partial charge in [-0.15, -0.1) is 0 Å². The second kappa shape index (κ2) is 3.11. The summed E-state index contributed by atoms with van der Waals surface area (Å²) in [6, 6.07) is 1.65. The lowest BCUT2D eigenvalue weighted by molar-refractivity contribution is 0.277. The van der Waals surface area contributed by atoms with Crippen molar-refractivity contribution in [3.05, 3.63) is 0 Å². The van der Waals surface area contributed by atoms with Gasteiger partial charge in [0.25, 0.3) is 0 Å². The molecule has 0 aromatic heterocycles. The quantitative estimate of drug-likeness (QED) is 0.556. The fourth-order valence-electron chi connectivity index (χ4n) is 2.43. The number of likely N-dealkylation sites (N-methyl/N-ethyl adjacent to an activating group) is 1. The van der Waals surface area contributed by atoms with Crippen molar-refractivity contribution in [3.8, 4) is 0 Å². The molecular weight excluding hydrogens is 136 g/mol. The molecule has 2 rings (SSSR count). The van der Waals surface area contributed by atoms with Gasteiger partial charge in [-0.05, 0) is 39.4 Å². The summed E-state index contributed by atoms with van der Waals surface area (Å²) in [4.78, 5) is 2.52. The van der Waals surface area contributed by atoms with E-state index in [9.17, 15) is 0 Å². The van der Waals surface area contributed by atoms with Gasteiger partial charge in [-0.3, -0.25) is 0 Å². The highest BCUT2D eigenvalue weighted by Crippen LogP contribution is 2.22. The molecule has 0 saturated carbocycles. The molecule has 0 amide bonds. The van der Waals surface area contributed by atoms with Crippen molar-refractivity contribution >= 4 is 0 Å². The Kier molecular flexibility index (Phi) is 2.14. The Morgan fingerprint density at radius 3 is 3.09 bits per heavy atom. The van der Waals surface area contributed by atoms with E-state index in [1.54, 1.807) is 0 Å². The van der Waals surface area contributed by atoms with Crippen LogP contribution in [-0.2, 0) is 0 Å². The molecule has 2 aliphatic heterocycles. The molecule has 2 saturated heterocycles. The number of nitrogens with one attached hydrogen (secondary N) is 1. The zero-order chi connectivity index (χ0) is 7.68. The van der Waals surface area contributed by atoms with Gasteiger partial charge in [0.1, 0.15) is 0 Å². The monoisotopic (exact) mass is 154 g/mol. The van der Waals surface area contributed by atoms with Crippen LogP contribution in [0.15, 0.2) is 0 Å². The third-order valence-electron chi connectivity index (χ3n) is 3.16. The minimum Gasteiger partial charge on any atom is -0.312 e. The van der Waals surface area contributed by atoms with E-state index < -0.39 is 0 Å². The largest absolute Gasteiger partial charge is 0.312 e. The molecular formula is C9H18N2. The predicted octanol–water partition coefficient (Wildman–Crippen LogP) is 0.833. The van der Waals surface area contributed by atoms with Gasteiger partial charge in [0.05, 0.1) is 0 Å². The highest BCUT2D eigenvalue weighted by Gasteiger charge is 2.31. The average Bonchev–Trinajstić information content (AvgIpc) is 2.25. The van der Waals surface area contributed by atoms with Crippen LogP contribution in [0.2, 0.25) is 0 Å². The average molecular weight is 154 g/mol. The molecule has 0 aliphatic carbocycles. The number of rotatable bonds is 0. The molecule has 2 fully saturated rings. The molecule has 0 aromatic carbocycles. The second-order valence-electron chi connectivity index (χ2n) is 3.89. The van der Waals surface area contributed by atoms with Crippen molar-refractivity contribution < 1.29 is 0 Å². The Morgan fingerprint density at radius 1 is 1.27 bits per heavy atom. The van der Waals surface area contributed by atoms with E-state index in [1.807, 2.05) is 0 Å². The zero-order valence-corrected chi connectivity index (χ0v) is 7.34. The highest BCUT2D eigenvalue weighted by molar-refractivity contribution is 4.91. The van der Waals surface area contributed by atoms with Gasteiger partial charge >= 0.3 is 0 Å². The summed E-state index contributed by atoms with van der Waals surface area (Å²) in [6.45, 7) is 2.54. The molecule has 0 radical (unpaired) electrons. The summed E-state index contributed by atoms with van der Waals surface area (Å²) in [7, 11) is 2.26. The summed E-state index contributed by atoms with van der Waals surface area (Å²) < 4.78 is 0. The van der Waals surface area contributed by atoms with E-state index >= 15 is 0 Å². The summed E-state index contributed by atoms with van der Waals surface area (Å²) >= 11 is 0. The van der Waals surface area contributed by atoms with Gasteiger partial charge in [0.2, 0.25) is 0 Å². The summed E-state index contributed by atoms with van der Waals surface area (Å²) in [5, 5.41) is 3.63. The Bertz CT molecular complexity index is 136. The van der Waals surface area contributed by atoms with E-state index in [-0.39, 0.29) is 0 Å². The lowest BCUT2D eigenvalue weighted by Crippen LogP contribution is -2.39. The van der Waals surface area contributed by atoms with Crippen LogP contribution in [0.3, 0.4) is 0 Å². The predicted molar refractivity (Wildman–Crippen MR) is 46.7 cm³/mol. The van der Waals surface area contributed by atoms with Crippen LogP contribution in [0.4, 0.5) is 0 Å². The van der Waals surface area contributed by atoms with Crippen LogP contribution in [0, 0.1) is 0 Å². The first-order chi connectivity index (χ1) is 5.38. The standard InChI is InChI=1S/C9H18N2/c1-11-7-5-8-9(11)4-2-3-6-10-8/h8-10H,2-7H2,1H3. The topological polar surface area (TPSA) is 15.3 Å². The van der Waals surface area contributed by atoms with Crippen molar-refractivity contribution in [2.45, 2.75) is 37.8 Å². The first kappa shape index (κ1) is 7.56. The SMILES string of the molecule is CN1CCC2NCCCCC21. The van der Waals surface area contributed by atoms with Gasteiger partial charge in [0.15, 0.2) is 0 Å². The third-order valence-corrected chi connectivity index (χ3v) is 3.16. The maximum Gasteiger partial charge on any atom is 0.0246 e. The van der Waals surface area contributed by atoms with Gasteiger partial charge in [-0.25, -0.2) is 0 Å². The van der Waals surface area contributed by atoms with E-state index in [0.717, 1.165) is 12.1 Å². The zero-order valence-electron chi connectivity index (χ0n) is 7.34. The van der Waals surface area contributed by atoms with Crippen LogP contribution in [0.1, 0.15) is 25.7 Å². The van der Waals surface area contributed by atoms with Gasteiger partial charge in [-0.1, -0.05) is 6.42 Å². The number of fused-ring (bicyclic) bond motifs is 1. The van der Waals surface area contributed by atoms with Crippen molar-refractivity contribution in [1.82, 2.24) is 10.2 Å². The Labute approximate surface area is 69.0 Å². The third kappa shape index (κ3) is 1.42.